The summed E-state index contributed by atoms with van der Waals surface area (Å²) in [5.41, 5.74) is 0.368. The zero-order valence-corrected chi connectivity index (χ0v) is 11.3. The average molecular weight is 266 g/mol. The highest BCUT2D eigenvalue weighted by molar-refractivity contribution is 7.99. The van der Waals surface area contributed by atoms with Gasteiger partial charge in [-0.15, -0.1) is 0 Å². The first-order valence-corrected chi connectivity index (χ1v) is 7.31. The molecule has 0 atom stereocenters. The van der Waals surface area contributed by atoms with E-state index < -0.39 is 0 Å². The number of rotatable bonds is 4. The van der Waals surface area contributed by atoms with Gasteiger partial charge in [0, 0.05) is 13.6 Å². The highest BCUT2D eigenvalue weighted by Crippen LogP contribution is 2.21. The molecule has 0 aromatic carbocycles. The van der Waals surface area contributed by atoms with E-state index in [1.807, 2.05) is 11.8 Å². The number of anilines is 1. The molecule has 2 rings (SSSR count). The molecular weight excluding hydrogens is 248 g/mol. The summed E-state index contributed by atoms with van der Waals surface area (Å²) in [7, 11) is 1.76. The molecule has 0 spiro atoms. The number of nitrogens with zero attached hydrogens (tertiary/aromatic N) is 2. The third-order valence-electron chi connectivity index (χ3n) is 3.02. The molecule has 1 aliphatic rings. The lowest BCUT2D eigenvalue weighted by Crippen LogP contribution is -2.31. The number of thioether (sulfide) groups is 1. The van der Waals surface area contributed by atoms with Crippen LogP contribution in [-0.2, 0) is 0 Å². The van der Waals surface area contributed by atoms with Gasteiger partial charge >= 0.3 is 0 Å². The van der Waals surface area contributed by atoms with Crippen molar-refractivity contribution in [3.63, 3.8) is 0 Å². The molecule has 0 unspecified atom stereocenters. The van der Waals surface area contributed by atoms with Crippen LogP contribution in [0.25, 0.3) is 0 Å². The number of hydrogen-bond acceptors (Lipinski definition) is 5. The topological polar surface area (TPSA) is 66.9 Å². The van der Waals surface area contributed by atoms with Crippen LogP contribution in [0.5, 0.6) is 0 Å². The summed E-state index contributed by atoms with van der Waals surface area (Å²) in [4.78, 5) is 20.1. The highest BCUT2D eigenvalue weighted by atomic mass is 32.2. The third kappa shape index (κ3) is 3.60. The van der Waals surface area contributed by atoms with E-state index in [1.54, 1.807) is 13.2 Å². The molecule has 1 fully saturated rings. The molecule has 18 heavy (non-hydrogen) atoms. The van der Waals surface area contributed by atoms with Gasteiger partial charge in [-0.25, -0.2) is 4.98 Å². The zero-order valence-electron chi connectivity index (χ0n) is 10.5. The molecule has 6 heteroatoms. The molecule has 2 heterocycles. The van der Waals surface area contributed by atoms with Crippen LogP contribution in [0.4, 0.5) is 5.82 Å². The van der Waals surface area contributed by atoms with Crippen LogP contribution in [0, 0.1) is 5.92 Å². The molecule has 2 N–H and O–H groups in total. The second-order valence-corrected chi connectivity index (χ2v) is 5.53. The second kappa shape index (κ2) is 6.58. The van der Waals surface area contributed by atoms with Gasteiger partial charge in [-0.2, -0.15) is 11.8 Å². The van der Waals surface area contributed by atoms with Crippen molar-refractivity contribution in [2.24, 2.45) is 5.92 Å². The van der Waals surface area contributed by atoms with Crippen molar-refractivity contribution in [3.8, 4) is 0 Å². The maximum absolute atomic E-state index is 11.9. The Morgan fingerprint density at radius 2 is 2.22 bits per heavy atom. The number of aromatic nitrogens is 2. The Bertz CT molecular complexity index is 407. The van der Waals surface area contributed by atoms with E-state index in [2.05, 4.69) is 20.6 Å². The number of carbonyl (C=O) groups excluding carboxylic acids is 1. The van der Waals surface area contributed by atoms with Gasteiger partial charge in [-0.05, 0) is 30.3 Å². The summed E-state index contributed by atoms with van der Waals surface area (Å²) < 4.78 is 0. The van der Waals surface area contributed by atoms with Gasteiger partial charge in [0.2, 0.25) is 0 Å². The summed E-state index contributed by atoms with van der Waals surface area (Å²) in [6.45, 7) is 0.741. The summed E-state index contributed by atoms with van der Waals surface area (Å²) >= 11 is 1.99. The molecule has 98 valence electrons. The average Bonchev–Trinajstić information content (AvgIpc) is 2.46. The molecule has 0 saturated carbocycles. The smallest absolute Gasteiger partial charge is 0.271 e. The van der Waals surface area contributed by atoms with Crippen LogP contribution in [0.2, 0.25) is 0 Å². The Balaban J connectivity index is 1.86. The molecule has 1 aliphatic heterocycles. The summed E-state index contributed by atoms with van der Waals surface area (Å²) in [5, 5.41) is 5.81. The van der Waals surface area contributed by atoms with Crippen molar-refractivity contribution in [1.29, 1.82) is 0 Å². The predicted molar refractivity (Wildman–Crippen MR) is 74.0 cm³/mol. The maximum Gasteiger partial charge on any atom is 0.271 e. The van der Waals surface area contributed by atoms with Gasteiger partial charge in [0.25, 0.3) is 5.91 Å². The van der Waals surface area contributed by atoms with Gasteiger partial charge in [-0.1, -0.05) is 0 Å². The third-order valence-corrected chi connectivity index (χ3v) is 4.06. The lowest BCUT2D eigenvalue weighted by Gasteiger charge is -2.21. The van der Waals surface area contributed by atoms with Gasteiger partial charge in [-0.3, -0.25) is 9.78 Å². The number of hydrogen-bond donors (Lipinski definition) is 2. The van der Waals surface area contributed by atoms with Crippen molar-refractivity contribution >= 4 is 23.5 Å². The first kappa shape index (κ1) is 13.1. The van der Waals surface area contributed by atoms with Gasteiger partial charge in [0.15, 0.2) is 0 Å². The molecule has 1 aromatic heterocycles. The fourth-order valence-corrected chi connectivity index (χ4v) is 3.08. The molecule has 0 bridgehead atoms. The Morgan fingerprint density at radius 3 is 2.94 bits per heavy atom. The standard InChI is InChI=1S/C12H18N4OS/c1-13-11-8-14-7-10(16-11)12(17)15-6-9-2-4-18-5-3-9/h7-9H,2-6H2,1H3,(H,13,16)(H,15,17). The minimum atomic E-state index is -0.141. The lowest BCUT2D eigenvalue weighted by atomic mass is 10.0. The predicted octanol–water partition coefficient (Wildman–Crippen LogP) is 1.39. The van der Waals surface area contributed by atoms with Crippen LogP contribution in [0.15, 0.2) is 12.4 Å². The van der Waals surface area contributed by atoms with Crippen LogP contribution < -0.4 is 10.6 Å². The van der Waals surface area contributed by atoms with Crippen molar-refractivity contribution < 1.29 is 4.79 Å². The molecule has 1 aromatic rings. The highest BCUT2D eigenvalue weighted by Gasteiger charge is 2.15. The fourth-order valence-electron chi connectivity index (χ4n) is 1.87. The SMILES string of the molecule is CNc1cncc(C(=O)NCC2CCSCC2)n1. The van der Waals surface area contributed by atoms with Crippen LogP contribution in [0.3, 0.4) is 0 Å². The van der Waals surface area contributed by atoms with Crippen LogP contribution >= 0.6 is 11.8 Å². The van der Waals surface area contributed by atoms with E-state index >= 15 is 0 Å². The second-order valence-electron chi connectivity index (χ2n) is 4.31. The van der Waals surface area contributed by atoms with E-state index in [4.69, 9.17) is 0 Å². The van der Waals surface area contributed by atoms with Crippen LogP contribution in [-0.4, -0.2) is 41.0 Å². The van der Waals surface area contributed by atoms with Crippen molar-refractivity contribution in [2.75, 3.05) is 30.4 Å². The van der Waals surface area contributed by atoms with E-state index in [1.165, 1.54) is 30.5 Å². The summed E-state index contributed by atoms with van der Waals surface area (Å²) in [6, 6.07) is 0. The molecule has 5 nitrogen and oxygen atoms in total. The van der Waals surface area contributed by atoms with Gasteiger partial charge in [0.1, 0.15) is 11.5 Å². The van der Waals surface area contributed by atoms with Crippen molar-refractivity contribution in [2.45, 2.75) is 12.8 Å². The van der Waals surface area contributed by atoms with E-state index in [9.17, 15) is 4.79 Å². The van der Waals surface area contributed by atoms with E-state index in [0.717, 1.165) is 6.54 Å². The Labute approximate surface area is 111 Å². The number of amides is 1. The monoisotopic (exact) mass is 266 g/mol. The first-order valence-electron chi connectivity index (χ1n) is 6.15. The largest absolute Gasteiger partial charge is 0.372 e. The summed E-state index contributed by atoms with van der Waals surface area (Å²) in [6.07, 6.45) is 5.46. The Hall–Kier alpha value is -1.30. The zero-order chi connectivity index (χ0) is 12.8. The molecule has 1 saturated heterocycles. The molecule has 1 amide bonds. The number of nitrogens with one attached hydrogen (secondary N) is 2. The lowest BCUT2D eigenvalue weighted by molar-refractivity contribution is 0.0941. The van der Waals surface area contributed by atoms with Gasteiger partial charge in [0.05, 0.1) is 12.4 Å². The van der Waals surface area contributed by atoms with E-state index in [-0.39, 0.29) is 5.91 Å². The molecular formula is C12H18N4OS. The molecule has 0 aliphatic carbocycles. The quantitative estimate of drug-likeness (QED) is 0.862. The molecule has 0 radical (unpaired) electrons. The van der Waals surface area contributed by atoms with E-state index in [0.29, 0.717) is 17.4 Å². The van der Waals surface area contributed by atoms with Crippen LogP contribution in [0.1, 0.15) is 23.3 Å². The first-order chi connectivity index (χ1) is 8.79. The van der Waals surface area contributed by atoms with Crippen molar-refractivity contribution in [1.82, 2.24) is 15.3 Å². The fraction of sp³-hybridized carbons (Fsp3) is 0.583. The summed E-state index contributed by atoms with van der Waals surface area (Å²) in [5.74, 6) is 3.48. The Kier molecular flexibility index (Phi) is 4.81. The minimum Gasteiger partial charge on any atom is -0.372 e. The van der Waals surface area contributed by atoms with Gasteiger partial charge < -0.3 is 10.6 Å². The minimum absolute atomic E-state index is 0.141. The normalized spacial score (nSPS) is 16.3. The maximum atomic E-state index is 11.9. The Morgan fingerprint density at radius 1 is 1.44 bits per heavy atom. The van der Waals surface area contributed by atoms with Crippen molar-refractivity contribution in [3.05, 3.63) is 18.1 Å². The number of carbonyl (C=O) groups is 1.